The van der Waals surface area contributed by atoms with E-state index in [1.165, 1.54) is 11.3 Å². The highest BCUT2D eigenvalue weighted by Gasteiger charge is 2.37. The number of nitrogens with zero attached hydrogens (tertiary/aromatic N) is 4. The van der Waals surface area contributed by atoms with Gasteiger partial charge in [0.25, 0.3) is 0 Å². The van der Waals surface area contributed by atoms with Crippen LogP contribution >= 0.6 is 0 Å². The molecule has 1 fully saturated rings. The fourth-order valence-electron chi connectivity index (χ4n) is 4.29. The summed E-state index contributed by atoms with van der Waals surface area (Å²) in [6.07, 6.45) is 0.975. The van der Waals surface area contributed by atoms with Gasteiger partial charge in [-0.25, -0.2) is 4.68 Å². The highest BCUT2D eigenvalue weighted by atomic mass is 15.5. The first-order valence-corrected chi connectivity index (χ1v) is 9.37. The second kappa shape index (κ2) is 6.67. The highest BCUT2D eigenvalue weighted by molar-refractivity contribution is 5.61. The third-order valence-corrected chi connectivity index (χ3v) is 5.53. The molecule has 5 nitrogen and oxygen atoms in total. The Morgan fingerprint density at radius 3 is 2.54 bits per heavy atom. The van der Waals surface area contributed by atoms with Crippen molar-refractivity contribution in [1.82, 2.24) is 25.2 Å². The van der Waals surface area contributed by atoms with Crippen molar-refractivity contribution >= 4 is 0 Å². The lowest BCUT2D eigenvalue weighted by atomic mass is 10.1. The minimum atomic E-state index is 0.348. The summed E-state index contributed by atoms with van der Waals surface area (Å²) in [4.78, 5) is 2.52. The van der Waals surface area contributed by atoms with Gasteiger partial charge in [0.2, 0.25) is 0 Å². The molecule has 5 heteroatoms. The van der Waals surface area contributed by atoms with Crippen LogP contribution in [0.3, 0.4) is 0 Å². The number of hydrogen-bond acceptors (Lipinski definition) is 4. The van der Waals surface area contributed by atoms with Gasteiger partial charge in [0.15, 0.2) is 0 Å². The van der Waals surface area contributed by atoms with Gasteiger partial charge in [-0.2, -0.15) is 0 Å². The molecule has 132 valence electrons. The van der Waals surface area contributed by atoms with E-state index in [9.17, 15) is 0 Å². The molecular formula is C21H23N5. The zero-order valence-electron chi connectivity index (χ0n) is 14.8. The van der Waals surface area contributed by atoms with Gasteiger partial charge in [-0.15, -0.1) is 5.10 Å². The summed E-state index contributed by atoms with van der Waals surface area (Å²) in [5.74, 6) is 0. The zero-order valence-corrected chi connectivity index (χ0v) is 14.8. The van der Waals surface area contributed by atoms with E-state index in [1.54, 1.807) is 0 Å². The molecule has 3 heterocycles. The largest absolute Gasteiger partial charge is 0.310 e. The number of fused-ring (bicyclic) bond motifs is 3. The second-order valence-corrected chi connectivity index (χ2v) is 7.25. The number of rotatable bonds is 3. The van der Waals surface area contributed by atoms with E-state index in [0.717, 1.165) is 43.9 Å². The summed E-state index contributed by atoms with van der Waals surface area (Å²) in [5.41, 5.74) is 4.83. The number of benzene rings is 2. The van der Waals surface area contributed by atoms with Crippen LogP contribution in [-0.2, 0) is 13.0 Å². The van der Waals surface area contributed by atoms with Crippen LogP contribution in [0.15, 0.2) is 60.7 Å². The maximum atomic E-state index is 4.58. The fourth-order valence-corrected chi connectivity index (χ4v) is 4.29. The molecule has 2 aliphatic heterocycles. The lowest BCUT2D eigenvalue weighted by Gasteiger charge is -2.17. The quantitative estimate of drug-likeness (QED) is 0.792. The first-order valence-electron chi connectivity index (χ1n) is 9.37. The van der Waals surface area contributed by atoms with Gasteiger partial charge in [0, 0.05) is 44.2 Å². The van der Waals surface area contributed by atoms with Crippen LogP contribution < -0.4 is 5.32 Å². The molecule has 0 radical (unpaired) electrons. The van der Waals surface area contributed by atoms with Gasteiger partial charge in [0.05, 0.1) is 11.7 Å². The summed E-state index contributed by atoms with van der Waals surface area (Å²) in [7, 11) is 0. The Morgan fingerprint density at radius 2 is 1.73 bits per heavy atom. The van der Waals surface area contributed by atoms with Crippen LogP contribution in [0.5, 0.6) is 0 Å². The molecule has 0 aliphatic carbocycles. The Kier molecular flexibility index (Phi) is 4.03. The minimum absolute atomic E-state index is 0.348. The molecule has 2 aliphatic rings. The Balaban J connectivity index is 1.42. The molecule has 2 atom stereocenters. The predicted molar refractivity (Wildman–Crippen MR) is 102 cm³/mol. The molecular weight excluding hydrogens is 322 g/mol. The molecule has 0 saturated carbocycles. The summed E-state index contributed by atoms with van der Waals surface area (Å²) >= 11 is 0. The first kappa shape index (κ1) is 15.7. The fraction of sp³-hybridized carbons (Fsp3) is 0.333. The van der Waals surface area contributed by atoms with Crippen molar-refractivity contribution in [1.29, 1.82) is 0 Å². The minimum Gasteiger partial charge on any atom is -0.310 e. The van der Waals surface area contributed by atoms with Crippen molar-refractivity contribution in [2.24, 2.45) is 0 Å². The third kappa shape index (κ3) is 2.83. The molecule has 0 bridgehead atoms. The van der Waals surface area contributed by atoms with Crippen LogP contribution in [0.2, 0.25) is 0 Å². The number of aromatic nitrogens is 3. The van der Waals surface area contributed by atoms with E-state index in [4.69, 9.17) is 0 Å². The van der Waals surface area contributed by atoms with Crippen LogP contribution in [-0.4, -0.2) is 45.6 Å². The average Bonchev–Trinajstić information content (AvgIpc) is 3.24. The Hall–Kier alpha value is -2.50. The third-order valence-electron chi connectivity index (χ3n) is 5.53. The maximum Gasteiger partial charge on any atom is 0.116 e. The Bertz CT molecular complexity index is 874. The molecule has 1 saturated heterocycles. The van der Waals surface area contributed by atoms with Gasteiger partial charge in [0.1, 0.15) is 5.69 Å². The summed E-state index contributed by atoms with van der Waals surface area (Å²) < 4.78 is 2.19. The van der Waals surface area contributed by atoms with Gasteiger partial charge in [-0.05, 0) is 5.56 Å². The summed E-state index contributed by atoms with van der Waals surface area (Å²) in [6, 6.07) is 21.9. The monoisotopic (exact) mass is 345 g/mol. The lowest BCUT2D eigenvalue weighted by Crippen LogP contribution is -2.36. The Labute approximate surface area is 153 Å². The molecule has 1 aromatic heterocycles. The average molecular weight is 345 g/mol. The van der Waals surface area contributed by atoms with Crippen molar-refractivity contribution in [2.45, 2.75) is 25.0 Å². The lowest BCUT2D eigenvalue weighted by molar-refractivity contribution is 0.308. The van der Waals surface area contributed by atoms with Crippen molar-refractivity contribution in [3.05, 3.63) is 71.9 Å². The smallest absolute Gasteiger partial charge is 0.116 e. The van der Waals surface area contributed by atoms with E-state index in [1.807, 2.05) is 6.07 Å². The van der Waals surface area contributed by atoms with E-state index in [2.05, 4.69) is 79.8 Å². The molecule has 0 amide bonds. The van der Waals surface area contributed by atoms with Gasteiger partial charge < -0.3 is 5.32 Å². The van der Waals surface area contributed by atoms with Crippen LogP contribution in [0.25, 0.3) is 11.3 Å². The van der Waals surface area contributed by atoms with Crippen LogP contribution in [0.4, 0.5) is 0 Å². The van der Waals surface area contributed by atoms with Crippen molar-refractivity contribution in [2.75, 3.05) is 19.6 Å². The van der Waals surface area contributed by atoms with Crippen molar-refractivity contribution in [3.63, 3.8) is 0 Å². The number of nitrogens with one attached hydrogen (secondary N) is 1. The SMILES string of the molecule is c1ccc(CN2C[C@H]3NCCc4c(-c5ccccc5)nnn4[C@H]3C2)cc1. The van der Waals surface area contributed by atoms with E-state index >= 15 is 0 Å². The predicted octanol–water partition coefficient (Wildman–Crippen LogP) is 2.52. The van der Waals surface area contributed by atoms with Gasteiger partial charge >= 0.3 is 0 Å². The van der Waals surface area contributed by atoms with E-state index in [0.29, 0.717) is 12.1 Å². The number of hydrogen-bond donors (Lipinski definition) is 1. The standard InChI is InChI=1S/C21H23N5/c1-3-7-16(8-4-1)13-25-14-18-20(15-25)26-19(11-12-22-18)21(23-24-26)17-9-5-2-6-10-17/h1-10,18,20,22H,11-15H2/t18-,20+/m1/s1. The van der Waals surface area contributed by atoms with Gasteiger partial charge in [-0.3, -0.25) is 4.90 Å². The number of likely N-dealkylation sites (tertiary alicyclic amines) is 1. The molecule has 0 unspecified atom stereocenters. The summed E-state index contributed by atoms with van der Waals surface area (Å²) in [5, 5.41) is 12.9. The maximum absolute atomic E-state index is 4.58. The van der Waals surface area contributed by atoms with E-state index < -0.39 is 0 Å². The van der Waals surface area contributed by atoms with Crippen molar-refractivity contribution in [3.8, 4) is 11.3 Å². The molecule has 3 aromatic rings. The molecule has 26 heavy (non-hydrogen) atoms. The highest BCUT2D eigenvalue weighted by Crippen LogP contribution is 2.30. The topological polar surface area (TPSA) is 46.0 Å². The van der Waals surface area contributed by atoms with Crippen molar-refractivity contribution < 1.29 is 0 Å². The molecule has 0 spiro atoms. The Morgan fingerprint density at radius 1 is 0.962 bits per heavy atom. The summed E-state index contributed by atoms with van der Waals surface area (Å²) in [6.45, 7) is 4.04. The van der Waals surface area contributed by atoms with Crippen LogP contribution in [0.1, 0.15) is 17.3 Å². The molecule has 1 N–H and O–H groups in total. The first-order chi connectivity index (χ1) is 12.9. The normalized spacial score (nSPS) is 22.6. The second-order valence-electron chi connectivity index (χ2n) is 7.25. The molecule has 2 aromatic carbocycles. The van der Waals surface area contributed by atoms with Gasteiger partial charge in [-0.1, -0.05) is 65.9 Å². The zero-order chi connectivity index (χ0) is 17.3. The van der Waals surface area contributed by atoms with Crippen LogP contribution in [0, 0.1) is 0 Å². The van der Waals surface area contributed by atoms with E-state index in [-0.39, 0.29) is 0 Å². The molecule has 5 rings (SSSR count).